The molecular weight excluding hydrogens is 334 g/mol. The number of hydrogen-bond donors (Lipinski definition) is 1. The standard InChI is InChI=1S/C19H31N3O4/c1-4-20-19(24)22(11-15(2)3)14-18(23)21(12-16-7-5-9-25-16)13-17-8-6-10-26-17/h5,7,9,15,17H,4,6,8,10-14H2,1-3H3,(H,20,24). The van der Waals surface area contributed by atoms with Gasteiger partial charge in [-0.3, -0.25) is 4.79 Å². The molecule has 0 saturated carbocycles. The molecule has 146 valence electrons. The normalized spacial score (nSPS) is 16.7. The van der Waals surface area contributed by atoms with E-state index in [9.17, 15) is 9.59 Å². The number of nitrogens with one attached hydrogen (secondary N) is 1. The first-order valence-corrected chi connectivity index (χ1v) is 9.44. The molecule has 0 spiro atoms. The van der Waals surface area contributed by atoms with Crippen LogP contribution in [0.3, 0.4) is 0 Å². The number of carbonyl (C=O) groups is 2. The minimum absolute atomic E-state index is 0.0527. The fourth-order valence-corrected chi connectivity index (χ4v) is 3.07. The van der Waals surface area contributed by atoms with Crippen LogP contribution in [0.25, 0.3) is 0 Å². The van der Waals surface area contributed by atoms with Crippen LogP contribution < -0.4 is 5.32 Å². The van der Waals surface area contributed by atoms with Gasteiger partial charge in [-0.2, -0.15) is 0 Å². The number of furan rings is 1. The SMILES string of the molecule is CCNC(=O)N(CC(=O)N(Cc1ccco1)CC1CCCO1)CC(C)C. The van der Waals surface area contributed by atoms with Crippen molar-refractivity contribution >= 4 is 11.9 Å². The molecule has 1 unspecified atom stereocenters. The predicted octanol–water partition coefficient (Wildman–Crippen LogP) is 2.47. The molecule has 1 N–H and O–H groups in total. The van der Waals surface area contributed by atoms with Crippen LogP contribution in [0.5, 0.6) is 0 Å². The molecule has 7 heteroatoms. The van der Waals surface area contributed by atoms with Gasteiger partial charge in [0.05, 0.1) is 18.9 Å². The quantitative estimate of drug-likeness (QED) is 0.729. The molecule has 0 radical (unpaired) electrons. The summed E-state index contributed by atoms with van der Waals surface area (Å²) in [6.45, 7) is 8.70. The zero-order valence-electron chi connectivity index (χ0n) is 16.1. The van der Waals surface area contributed by atoms with Crippen LogP contribution in [0.1, 0.15) is 39.4 Å². The summed E-state index contributed by atoms with van der Waals surface area (Å²) in [4.78, 5) is 28.6. The minimum atomic E-state index is -0.204. The van der Waals surface area contributed by atoms with E-state index in [2.05, 4.69) is 5.32 Å². The number of urea groups is 1. The van der Waals surface area contributed by atoms with Crippen LogP contribution in [0.15, 0.2) is 22.8 Å². The van der Waals surface area contributed by atoms with Gasteiger partial charge in [0.1, 0.15) is 12.3 Å². The van der Waals surface area contributed by atoms with E-state index in [0.717, 1.165) is 25.2 Å². The Balaban J connectivity index is 2.04. The first kappa shape index (κ1) is 20.3. The Morgan fingerprint density at radius 3 is 2.73 bits per heavy atom. The molecule has 0 aliphatic carbocycles. The maximum atomic E-state index is 13.0. The van der Waals surface area contributed by atoms with Crippen molar-refractivity contribution in [1.82, 2.24) is 15.1 Å². The average molecular weight is 365 g/mol. The van der Waals surface area contributed by atoms with Gasteiger partial charge in [-0.25, -0.2) is 4.79 Å². The summed E-state index contributed by atoms with van der Waals surface area (Å²) in [5, 5.41) is 2.79. The van der Waals surface area contributed by atoms with Gasteiger partial charge in [0.15, 0.2) is 0 Å². The fraction of sp³-hybridized carbons (Fsp3) is 0.684. The maximum absolute atomic E-state index is 13.0. The van der Waals surface area contributed by atoms with Crippen molar-refractivity contribution in [2.24, 2.45) is 5.92 Å². The Bertz CT molecular complexity index is 553. The molecule has 2 heterocycles. The Hall–Kier alpha value is -2.02. The summed E-state index contributed by atoms with van der Waals surface area (Å²) in [7, 11) is 0. The molecule has 1 aromatic heterocycles. The van der Waals surface area contributed by atoms with Gasteiger partial charge in [0, 0.05) is 26.2 Å². The Morgan fingerprint density at radius 1 is 1.35 bits per heavy atom. The van der Waals surface area contributed by atoms with Gasteiger partial charge in [-0.1, -0.05) is 13.8 Å². The number of nitrogens with zero attached hydrogens (tertiary/aromatic N) is 2. The van der Waals surface area contributed by atoms with Crippen molar-refractivity contribution in [3.05, 3.63) is 24.2 Å². The van der Waals surface area contributed by atoms with E-state index in [-0.39, 0.29) is 30.5 Å². The van der Waals surface area contributed by atoms with E-state index in [1.54, 1.807) is 16.1 Å². The van der Waals surface area contributed by atoms with Crippen LogP contribution >= 0.6 is 0 Å². The Morgan fingerprint density at radius 2 is 2.15 bits per heavy atom. The Kier molecular flexibility index (Phi) is 7.97. The third-order valence-corrected chi connectivity index (χ3v) is 4.25. The van der Waals surface area contributed by atoms with Crippen molar-refractivity contribution < 1.29 is 18.7 Å². The lowest BCUT2D eigenvalue weighted by Crippen LogP contribution is -2.49. The third-order valence-electron chi connectivity index (χ3n) is 4.25. The van der Waals surface area contributed by atoms with E-state index >= 15 is 0 Å². The number of amides is 3. The largest absolute Gasteiger partial charge is 0.467 e. The molecule has 1 fully saturated rings. The fourth-order valence-electron chi connectivity index (χ4n) is 3.07. The zero-order valence-corrected chi connectivity index (χ0v) is 16.1. The van der Waals surface area contributed by atoms with Crippen molar-refractivity contribution in [3.8, 4) is 0 Å². The molecule has 2 rings (SSSR count). The van der Waals surface area contributed by atoms with Gasteiger partial charge in [0.2, 0.25) is 5.91 Å². The second kappa shape index (κ2) is 10.2. The molecule has 7 nitrogen and oxygen atoms in total. The lowest BCUT2D eigenvalue weighted by molar-refractivity contribution is -0.134. The van der Waals surface area contributed by atoms with Crippen LogP contribution in [0.4, 0.5) is 4.79 Å². The van der Waals surface area contributed by atoms with Crippen molar-refractivity contribution in [2.75, 3.05) is 32.8 Å². The third kappa shape index (κ3) is 6.37. The summed E-state index contributed by atoms with van der Waals surface area (Å²) >= 11 is 0. The molecule has 1 aliphatic rings. The molecule has 3 amide bonds. The lowest BCUT2D eigenvalue weighted by atomic mass is 10.2. The number of hydrogen-bond acceptors (Lipinski definition) is 4. The van der Waals surface area contributed by atoms with Crippen molar-refractivity contribution in [1.29, 1.82) is 0 Å². The van der Waals surface area contributed by atoms with Gasteiger partial charge in [-0.15, -0.1) is 0 Å². The topological polar surface area (TPSA) is 75.0 Å². The van der Waals surface area contributed by atoms with Crippen LogP contribution in [0.2, 0.25) is 0 Å². The molecule has 0 bridgehead atoms. The Labute approximate surface area is 155 Å². The molecule has 1 aromatic rings. The summed E-state index contributed by atoms with van der Waals surface area (Å²) in [6.07, 6.45) is 3.63. The first-order chi connectivity index (χ1) is 12.5. The smallest absolute Gasteiger partial charge is 0.317 e. The van der Waals surface area contributed by atoms with Gasteiger partial charge in [-0.05, 0) is 37.8 Å². The zero-order chi connectivity index (χ0) is 18.9. The van der Waals surface area contributed by atoms with Crippen LogP contribution in [-0.4, -0.2) is 60.6 Å². The summed E-state index contributed by atoms with van der Waals surface area (Å²) in [5.41, 5.74) is 0. The molecule has 26 heavy (non-hydrogen) atoms. The summed E-state index contributed by atoms with van der Waals surface area (Å²) in [5.74, 6) is 0.913. The van der Waals surface area contributed by atoms with Crippen molar-refractivity contribution in [2.45, 2.75) is 46.3 Å². The second-order valence-electron chi connectivity index (χ2n) is 7.10. The van der Waals surface area contributed by atoms with Crippen LogP contribution in [-0.2, 0) is 16.1 Å². The lowest BCUT2D eigenvalue weighted by Gasteiger charge is -2.29. The van der Waals surface area contributed by atoms with Gasteiger partial charge in [0.25, 0.3) is 0 Å². The highest BCUT2D eigenvalue weighted by Crippen LogP contribution is 2.16. The predicted molar refractivity (Wildman–Crippen MR) is 98.6 cm³/mol. The second-order valence-corrected chi connectivity index (χ2v) is 7.10. The van der Waals surface area contributed by atoms with Crippen LogP contribution in [0, 0.1) is 5.92 Å². The highest BCUT2D eigenvalue weighted by Gasteiger charge is 2.26. The number of carbonyl (C=O) groups excluding carboxylic acids is 2. The van der Waals surface area contributed by atoms with E-state index in [0.29, 0.717) is 26.2 Å². The average Bonchev–Trinajstić information content (AvgIpc) is 3.27. The summed E-state index contributed by atoms with van der Waals surface area (Å²) in [6, 6.07) is 3.46. The highest BCUT2D eigenvalue weighted by atomic mass is 16.5. The maximum Gasteiger partial charge on any atom is 0.317 e. The number of ether oxygens (including phenoxy) is 1. The molecular formula is C19H31N3O4. The molecule has 1 atom stereocenters. The number of rotatable bonds is 9. The van der Waals surface area contributed by atoms with E-state index in [1.165, 1.54) is 0 Å². The molecule has 0 aromatic carbocycles. The van der Waals surface area contributed by atoms with Crippen molar-refractivity contribution in [3.63, 3.8) is 0 Å². The van der Waals surface area contributed by atoms with Gasteiger partial charge >= 0.3 is 6.03 Å². The van der Waals surface area contributed by atoms with E-state index in [1.807, 2.05) is 32.9 Å². The first-order valence-electron chi connectivity index (χ1n) is 9.44. The highest BCUT2D eigenvalue weighted by molar-refractivity contribution is 5.84. The minimum Gasteiger partial charge on any atom is -0.467 e. The van der Waals surface area contributed by atoms with E-state index < -0.39 is 0 Å². The molecule has 1 saturated heterocycles. The molecule has 1 aliphatic heterocycles. The monoisotopic (exact) mass is 365 g/mol. The summed E-state index contributed by atoms with van der Waals surface area (Å²) < 4.78 is 11.1. The van der Waals surface area contributed by atoms with Gasteiger partial charge < -0.3 is 24.3 Å². The van der Waals surface area contributed by atoms with E-state index in [4.69, 9.17) is 9.15 Å².